The summed E-state index contributed by atoms with van der Waals surface area (Å²) in [6, 6.07) is -0.391. The molecule has 0 unspecified atom stereocenters. The first-order chi connectivity index (χ1) is 10.9. The summed E-state index contributed by atoms with van der Waals surface area (Å²) in [5.74, 6) is 0.987. The molecule has 1 aromatic heterocycles. The predicted molar refractivity (Wildman–Crippen MR) is 89.0 cm³/mol. The minimum atomic E-state index is -0.734. The van der Waals surface area contributed by atoms with Crippen LogP contribution in [0.25, 0.3) is 0 Å². The van der Waals surface area contributed by atoms with E-state index in [1.807, 2.05) is 32.1 Å². The normalized spacial score (nSPS) is 23.3. The molecule has 1 atom stereocenters. The molecule has 2 aliphatic heterocycles. The molecule has 3 rings (SSSR count). The largest absolute Gasteiger partial charge is 0.480 e. The Morgan fingerprint density at radius 2 is 2.13 bits per heavy atom. The van der Waals surface area contributed by atoms with Gasteiger partial charge in [-0.25, -0.2) is 4.98 Å². The number of carboxylic acids is 1. The molecule has 0 aromatic carbocycles. The van der Waals surface area contributed by atoms with Gasteiger partial charge in [-0.15, -0.1) is 0 Å². The summed E-state index contributed by atoms with van der Waals surface area (Å²) >= 11 is 0. The van der Waals surface area contributed by atoms with Crippen LogP contribution in [0, 0.1) is 12.3 Å². The number of piperidine rings is 1. The number of carboxylic acid groups (broad SMARTS) is 1. The fourth-order valence-electron chi connectivity index (χ4n) is 3.68. The molecule has 7 nitrogen and oxygen atoms in total. The first kappa shape index (κ1) is 16.0. The topological polar surface area (TPSA) is 81.6 Å². The van der Waals surface area contributed by atoms with Gasteiger partial charge in [0, 0.05) is 45.5 Å². The molecule has 0 saturated carbocycles. The van der Waals surface area contributed by atoms with Crippen molar-refractivity contribution in [3.05, 3.63) is 11.8 Å². The molecule has 23 heavy (non-hydrogen) atoms. The van der Waals surface area contributed by atoms with Gasteiger partial charge in [0.15, 0.2) is 0 Å². The van der Waals surface area contributed by atoms with Crippen LogP contribution in [-0.4, -0.2) is 60.8 Å². The third kappa shape index (κ3) is 3.10. The Labute approximate surface area is 136 Å². The van der Waals surface area contributed by atoms with E-state index < -0.39 is 12.0 Å². The lowest BCUT2D eigenvalue weighted by Crippen LogP contribution is -2.42. The summed E-state index contributed by atoms with van der Waals surface area (Å²) in [4.78, 5) is 24.5. The summed E-state index contributed by atoms with van der Waals surface area (Å²) < 4.78 is 0. The van der Waals surface area contributed by atoms with E-state index in [0.29, 0.717) is 0 Å². The van der Waals surface area contributed by atoms with Crippen LogP contribution in [-0.2, 0) is 4.79 Å². The number of aryl methyl sites for hydroxylation is 1. The van der Waals surface area contributed by atoms with Crippen molar-refractivity contribution in [3.63, 3.8) is 0 Å². The minimum absolute atomic E-state index is 0.120. The minimum Gasteiger partial charge on any atom is -0.480 e. The smallest absolute Gasteiger partial charge is 0.320 e. The maximum Gasteiger partial charge on any atom is 0.320 e. The van der Waals surface area contributed by atoms with Gasteiger partial charge >= 0.3 is 5.97 Å². The van der Waals surface area contributed by atoms with E-state index in [9.17, 15) is 4.79 Å². The summed E-state index contributed by atoms with van der Waals surface area (Å²) in [7, 11) is 3.97. The quantitative estimate of drug-likeness (QED) is 0.856. The third-order valence-electron chi connectivity index (χ3n) is 5.12. The zero-order valence-electron chi connectivity index (χ0n) is 14.0. The SMILES string of the molecule is Cc1cnc(N2CCC3(CC2)CN[C@@H](C(=O)O)C3)nc1N(C)C. The number of anilines is 2. The first-order valence-corrected chi connectivity index (χ1v) is 8.12. The molecule has 1 spiro atoms. The van der Waals surface area contributed by atoms with E-state index in [1.165, 1.54) is 0 Å². The molecular weight excluding hydrogens is 294 g/mol. The summed E-state index contributed by atoms with van der Waals surface area (Å²) in [6.07, 6.45) is 4.57. The summed E-state index contributed by atoms with van der Waals surface area (Å²) in [5.41, 5.74) is 1.19. The number of hydrogen-bond donors (Lipinski definition) is 2. The number of aliphatic carboxylic acids is 1. The van der Waals surface area contributed by atoms with E-state index in [-0.39, 0.29) is 5.41 Å². The van der Waals surface area contributed by atoms with E-state index in [0.717, 1.165) is 56.2 Å². The Kier molecular flexibility index (Phi) is 4.14. The molecule has 0 amide bonds. The van der Waals surface area contributed by atoms with E-state index in [1.54, 1.807) is 0 Å². The second kappa shape index (κ2) is 5.96. The molecule has 2 saturated heterocycles. The van der Waals surface area contributed by atoms with Gasteiger partial charge in [0.05, 0.1) is 0 Å². The molecule has 126 valence electrons. The Bertz CT molecular complexity index is 596. The molecular formula is C16H25N5O2. The highest BCUT2D eigenvalue weighted by Crippen LogP contribution is 2.40. The van der Waals surface area contributed by atoms with Gasteiger partial charge in [-0.2, -0.15) is 4.98 Å². The van der Waals surface area contributed by atoms with Crippen LogP contribution < -0.4 is 15.1 Å². The fraction of sp³-hybridized carbons (Fsp3) is 0.688. The van der Waals surface area contributed by atoms with E-state index in [4.69, 9.17) is 5.11 Å². The van der Waals surface area contributed by atoms with Crippen LogP contribution in [0.2, 0.25) is 0 Å². The van der Waals surface area contributed by atoms with Crippen LogP contribution in [0.15, 0.2) is 6.20 Å². The Hall–Kier alpha value is -1.89. The Morgan fingerprint density at radius 1 is 1.43 bits per heavy atom. The predicted octanol–water partition coefficient (Wildman–Crippen LogP) is 0.884. The van der Waals surface area contributed by atoms with Crippen molar-refractivity contribution in [3.8, 4) is 0 Å². The van der Waals surface area contributed by atoms with Crippen molar-refractivity contribution >= 4 is 17.7 Å². The fourth-order valence-corrected chi connectivity index (χ4v) is 3.68. The maximum atomic E-state index is 11.1. The van der Waals surface area contributed by atoms with Gasteiger partial charge in [-0.3, -0.25) is 4.79 Å². The molecule has 2 fully saturated rings. The molecule has 2 aliphatic rings. The number of aromatic nitrogens is 2. The zero-order valence-corrected chi connectivity index (χ0v) is 14.0. The van der Waals surface area contributed by atoms with E-state index >= 15 is 0 Å². The van der Waals surface area contributed by atoms with Crippen molar-refractivity contribution in [1.29, 1.82) is 0 Å². The van der Waals surface area contributed by atoms with Gasteiger partial charge in [-0.05, 0) is 31.6 Å². The Balaban J connectivity index is 1.68. The molecule has 0 bridgehead atoms. The second-order valence-electron chi connectivity index (χ2n) is 7.03. The highest BCUT2D eigenvalue weighted by molar-refractivity contribution is 5.74. The lowest BCUT2D eigenvalue weighted by atomic mass is 9.76. The van der Waals surface area contributed by atoms with Crippen molar-refractivity contribution in [2.24, 2.45) is 5.41 Å². The van der Waals surface area contributed by atoms with Crippen LogP contribution in [0.5, 0.6) is 0 Å². The van der Waals surface area contributed by atoms with Crippen molar-refractivity contribution in [2.45, 2.75) is 32.2 Å². The number of carbonyl (C=O) groups is 1. The molecule has 7 heteroatoms. The van der Waals surface area contributed by atoms with Gasteiger partial charge in [0.1, 0.15) is 11.9 Å². The van der Waals surface area contributed by atoms with Crippen molar-refractivity contribution in [1.82, 2.24) is 15.3 Å². The van der Waals surface area contributed by atoms with E-state index in [2.05, 4.69) is 20.2 Å². The maximum absolute atomic E-state index is 11.1. The average Bonchev–Trinajstić information content (AvgIpc) is 2.93. The van der Waals surface area contributed by atoms with Gasteiger partial charge in [-0.1, -0.05) is 0 Å². The molecule has 0 radical (unpaired) electrons. The third-order valence-corrected chi connectivity index (χ3v) is 5.12. The zero-order chi connectivity index (χ0) is 16.6. The van der Waals surface area contributed by atoms with Crippen LogP contribution in [0.4, 0.5) is 11.8 Å². The summed E-state index contributed by atoms with van der Waals surface area (Å²) in [5, 5.41) is 12.3. The molecule has 2 N–H and O–H groups in total. The number of rotatable bonds is 3. The number of hydrogen-bond acceptors (Lipinski definition) is 6. The molecule has 3 heterocycles. The standard InChI is InChI=1S/C16H25N5O2/c1-11-9-17-15(19-13(11)20(2)3)21-6-4-16(5-7-21)8-12(14(22)23)18-10-16/h9,12,18H,4-8,10H2,1-3H3,(H,22,23)/t12-/m1/s1. The highest BCUT2D eigenvalue weighted by Gasteiger charge is 2.43. The van der Waals surface area contributed by atoms with Crippen molar-refractivity contribution in [2.75, 3.05) is 43.5 Å². The van der Waals surface area contributed by atoms with Gasteiger partial charge in [0.2, 0.25) is 5.95 Å². The molecule has 1 aromatic rings. The monoisotopic (exact) mass is 319 g/mol. The lowest BCUT2D eigenvalue weighted by molar-refractivity contribution is -0.139. The van der Waals surface area contributed by atoms with Crippen LogP contribution >= 0.6 is 0 Å². The van der Waals surface area contributed by atoms with Crippen LogP contribution in [0.3, 0.4) is 0 Å². The first-order valence-electron chi connectivity index (χ1n) is 8.12. The highest BCUT2D eigenvalue weighted by atomic mass is 16.4. The van der Waals surface area contributed by atoms with Crippen molar-refractivity contribution < 1.29 is 9.90 Å². The van der Waals surface area contributed by atoms with Crippen LogP contribution in [0.1, 0.15) is 24.8 Å². The average molecular weight is 319 g/mol. The van der Waals surface area contributed by atoms with Gasteiger partial charge < -0.3 is 20.2 Å². The lowest BCUT2D eigenvalue weighted by Gasteiger charge is -2.39. The molecule has 0 aliphatic carbocycles. The summed E-state index contributed by atoms with van der Waals surface area (Å²) in [6.45, 7) is 4.57. The number of nitrogens with one attached hydrogen (secondary N) is 1. The van der Waals surface area contributed by atoms with Gasteiger partial charge in [0.25, 0.3) is 0 Å². The number of nitrogens with zero attached hydrogens (tertiary/aromatic N) is 4. The second-order valence-corrected chi connectivity index (χ2v) is 7.03. The Morgan fingerprint density at radius 3 is 2.70 bits per heavy atom.